The van der Waals surface area contributed by atoms with E-state index in [4.69, 9.17) is 0 Å². The Labute approximate surface area is 133 Å². The van der Waals surface area contributed by atoms with Crippen molar-refractivity contribution >= 4 is 27.7 Å². The molecule has 6 heteroatoms. The van der Waals surface area contributed by atoms with Gasteiger partial charge in [-0.1, -0.05) is 6.07 Å². The summed E-state index contributed by atoms with van der Waals surface area (Å²) in [4.78, 5) is 29.9. The molecule has 0 aromatic carbocycles. The number of rotatable bonds is 5. The summed E-state index contributed by atoms with van der Waals surface area (Å²) < 4.78 is 0.815. The number of hydrogen-bond donors (Lipinski definition) is 1. The summed E-state index contributed by atoms with van der Waals surface area (Å²) in [5, 5.41) is 2.69. The third-order valence-electron chi connectivity index (χ3n) is 4.09. The molecular weight excluding hydrogens is 334 g/mol. The van der Waals surface area contributed by atoms with Gasteiger partial charge in [0.1, 0.15) is 10.1 Å². The molecule has 1 atom stereocenters. The number of pyridine rings is 1. The molecule has 2 amide bonds. The SMILES string of the molecule is CNC(=O)[C@]1(CCCc2cccc(Br)n2)CCN1C(C)=O. The summed E-state index contributed by atoms with van der Waals surface area (Å²) in [5.74, 6) is -0.100. The Hall–Kier alpha value is -1.43. The van der Waals surface area contributed by atoms with E-state index in [1.54, 1.807) is 11.9 Å². The van der Waals surface area contributed by atoms with Gasteiger partial charge in [-0.3, -0.25) is 9.59 Å². The van der Waals surface area contributed by atoms with Crippen LogP contribution in [0, 0.1) is 0 Å². The van der Waals surface area contributed by atoms with Crippen molar-refractivity contribution in [3.8, 4) is 0 Å². The van der Waals surface area contributed by atoms with Crippen molar-refractivity contribution in [2.45, 2.75) is 38.1 Å². The van der Waals surface area contributed by atoms with E-state index < -0.39 is 5.54 Å². The molecule has 1 aromatic rings. The van der Waals surface area contributed by atoms with Gasteiger partial charge >= 0.3 is 0 Å². The van der Waals surface area contributed by atoms with Gasteiger partial charge < -0.3 is 10.2 Å². The van der Waals surface area contributed by atoms with E-state index in [0.717, 1.165) is 29.6 Å². The quantitative estimate of drug-likeness (QED) is 0.822. The molecule has 0 radical (unpaired) electrons. The van der Waals surface area contributed by atoms with Crippen LogP contribution >= 0.6 is 15.9 Å². The van der Waals surface area contributed by atoms with Crippen LogP contribution in [0.4, 0.5) is 0 Å². The molecule has 21 heavy (non-hydrogen) atoms. The Morgan fingerprint density at radius 1 is 1.48 bits per heavy atom. The maximum Gasteiger partial charge on any atom is 0.245 e. The van der Waals surface area contributed by atoms with Gasteiger partial charge in [0.05, 0.1) is 0 Å². The molecule has 2 heterocycles. The second-order valence-electron chi connectivity index (χ2n) is 5.34. The van der Waals surface area contributed by atoms with Gasteiger partial charge in [-0.15, -0.1) is 0 Å². The molecule has 114 valence electrons. The lowest BCUT2D eigenvalue weighted by Crippen LogP contribution is -2.68. The minimum Gasteiger partial charge on any atom is -0.357 e. The zero-order chi connectivity index (χ0) is 15.5. The summed E-state index contributed by atoms with van der Waals surface area (Å²) in [6, 6.07) is 5.81. The third kappa shape index (κ3) is 3.26. The number of aryl methyl sites for hydroxylation is 1. The van der Waals surface area contributed by atoms with E-state index in [0.29, 0.717) is 13.0 Å². The maximum absolute atomic E-state index is 12.2. The maximum atomic E-state index is 12.2. The van der Waals surface area contributed by atoms with E-state index in [2.05, 4.69) is 26.2 Å². The molecule has 0 saturated carbocycles. The Balaban J connectivity index is 2.01. The Kier molecular flexibility index (Phi) is 4.98. The molecule has 0 bridgehead atoms. The van der Waals surface area contributed by atoms with Gasteiger partial charge in [-0.25, -0.2) is 4.98 Å². The normalized spacial score (nSPS) is 20.8. The predicted octanol–water partition coefficient (Wildman–Crippen LogP) is 1.90. The summed E-state index contributed by atoms with van der Waals surface area (Å²) in [5.41, 5.74) is 0.331. The van der Waals surface area contributed by atoms with Crippen molar-refractivity contribution < 1.29 is 9.59 Å². The van der Waals surface area contributed by atoms with Crippen LogP contribution in [0.3, 0.4) is 0 Å². The zero-order valence-electron chi connectivity index (χ0n) is 12.4. The van der Waals surface area contributed by atoms with Crippen molar-refractivity contribution in [1.29, 1.82) is 0 Å². The topological polar surface area (TPSA) is 62.3 Å². The molecule has 1 aromatic heterocycles. The minimum absolute atomic E-state index is 0.0366. The molecule has 5 nitrogen and oxygen atoms in total. The smallest absolute Gasteiger partial charge is 0.245 e. The fourth-order valence-corrected chi connectivity index (χ4v) is 3.33. The standard InChI is InChI=1S/C15H20BrN3O2/c1-11(20)19-10-9-15(19,14(21)17-2)8-4-6-12-5-3-7-13(16)18-12/h3,5,7H,4,6,8-10H2,1-2H3,(H,17,21)/t15-/m0/s1. The van der Waals surface area contributed by atoms with Crippen LogP contribution in [0.1, 0.15) is 31.9 Å². The van der Waals surface area contributed by atoms with Crippen molar-refractivity contribution in [2.24, 2.45) is 0 Å². The van der Waals surface area contributed by atoms with Crippen molar-refractivity contribution in [3.05, 3.63) is 28.5 Å². The number of likely N-dealkylation sites (tertiary alicyclic amines) is 1. The number of nitrogens with zero attached hydrogens (tertiary/aromatic N) is 2. The van der Waals surface area contributed by atoms with Crippen LogP contribution < -0.4 is 5.32 Å². The molecule has 0 aliphatic carbocycles. The summed E-state index contributed by atoms with van der Waals surface area (Å²) >= 11 is 3.35. The second kappa shape index (κ2) is 6.56. The lowest BCUT2D eigenvalue weighted by molar-refractivity contribution is -0.158. The average molecular weight is 354 g/mol. The van der Waals surface area contributed by atoms with Crippen LogP contribution in [0.25, 0.3) is 0 Å². The molecule has 1 saturated heterocycles. The molecular formula is C15H20BrN3O2. The summed E-state index contributed by atoms with van der Waals surface area (Å²) in [6.07, 6.45) is 3.02. The Morgan fingerprint density at radius 3 is 2.76 bits per heavy atom. The highest BCUT2D eigenvalue weighted by Gasteiger charge is 2.51. The van der Waals surface area contributed by atoms with E-state index >= 15 is 0 Å². The Morgan fingerprint density at radius 2 is 2.24 bits per heavy atom. The molecule has 1 fully saturated rings. The minimum atomic E-state index is -0.660. The van der Waals surface area contributed by atoms with E-state index in [1.165, 1.54) is 6.92 Å². The van der Waals surface area contributed by atoms with Crippen molar-refractivity contribution in [1.82, 2.24) is 15.2 Å². The van der Waals surface area contributed by atoms with E-state index in [-0.39, 0.29) is 11.8 Å². The highest BCUT2D eigenvalue weighted by molar-refractivity contribution is 9.10. The fourth-order valence-electron chi connectivity index (χ4n) is 2.95. The molecule has 1 aliphatic rings. The number of hydrogen-bond acceptors (Lipinski definition) is 3. The zero-order valence-corrected chi connectivity index (χ0v) is 13.9. The number of amides is 2. The van der Waals surface area contributed by atoms with Gasteiger partial charge in [0.25, 0.3) is 0 Å². The van der Waals surface area contributed by atoms with Crippen LogP contribution in [0.2, 0.25) is 0 Å². The molecule has 0 spiro atoms. The monoisotopic (exact) mass is 353 g/mol. The first kappa shape index (κ1) is 15.9. The summed E-state index contributed by atoms with van der Waals surface area (Å²) in [6.45, 7) is 2.19. The van der Waals surface area contributed by atoms with Crippen molar-refractivity contribution in [2.75, 3.05) is 13.6 Å². The molecule has 1 aliphatic heterocycles. The largest absolute Gasteiger partial charge is 0.357 e. The fraction of sp³-hybridized carbons (Fsp3) is 0.533. The molecule has 0 unspecified atom stereocenters. The lowest BCUT2D eigenvalue weighted by Gasteiger charge is -2.51. The number of nitrogens with one attached hydrogen (secondary N) is 1. The number of halogens is 1. The summed E-state index contributed by atoms with van der Waals surface area (Å²) in [7, 11) is 1.62. The van der Waals surface area contributed by atoms with E-state index in [9.17, 15) is 9.59 Å². The molecule has 2 rings (SSSR count). The van der Waals surface area contributed by atoms with Crippen LogP contribution in [-0.2, 0) is 16.0 Å². The third-order valence-corrected chi connectivity index (χ3v) is 4.53. The highest BCUT2D eigenvalue weighted by Crippen LogP contribution is 2.35. The van der Waals surface area contributed by atoms with Gasteiger partial charge in [0.15, 0.2) is 0 Å². The first-order valence-corrected chi connectivity index (χ1v) is 7.91. The first-order valence-electron chi connectivity index (χ1n) is 7.11. The van der Waals surface area contributed by atoms with Crippen molar-refractivity contribution in [3.63, 3.8) is 0 Å². The van der Waals surface area contributed by atoms with Gasteiger partial charge in [0, 0.05) is 26.2 Å². The number of carbonyl (C=O) groups is 2. The number of likely N-dealkylation sites (N-methyl/N-ethyl adjacent to an activating group) is 1. The van der Waals surface area contributed by atoms with Crippen LogP contribution in [-0.4, -0.2) is 40.8 Å². The highest BCUT2D eigenvalue weighted by atomic mass is 79.9. The second-order valence-corrected chi connectivity index (χ2v) is 6.15. The lowest BCUT2D eigenvalue weighted by atomic mass is 9.79. The Bertz CT molecular complexity index is 549. The first-order chi connectivity index (χ1) is 9.99. The van der Waals surface area contributed by atoms with Gasteiger partial charge in [-0.05, 0) is 53.7 Å². The van der Waals surface area contributed by atoms with E-state index in [1.807, 2.05) is 18.2 Å². The van der Waals surface area contributed by atoms with Gasteiger partial charge in [-0.2, -0.15) is 0 Å². The average Bonchev–Trinajstić information content (AvgIpc) is 2.41. The molecule has 1 N–H and O–H groups in total. The van der Waals surface area contributed by atoms with Crippen LogP contribution in [0.5, 0.6) is 0 Å². The predicted molar refractivity (Wildman–Crippen MR) is 83.7 cm³/mol. The number of aromatic nitrogens is 1. The van der Waals surface area contributed by atoms with Crippen LogP contribution in [0.15, 0.2) is 22.8 Å². The van der Waals surface area contributed by atoms with Gasteiger partial charge in [0.2, 0.25) is 11.8 Å². The number of carbonyl (C=O) groups excluding carboxylic acids is 2.